The quantitative estimate of drug-likeness (QED) is 0.0488. The fraction of sp³-hybridized carbons (Fsp3) is 0.456. The SMILES string of the molecule is CCCCCN(CCCCCCCCCCNCCCN(C(=O)c1ccc(C)cc1)[C@@H](c1nc2cc(Cl)ccc2c(=O)n1Cc1ccccc1)C(C)C)S(=O)(=O)c1cccc2c(N(C)C)cccc12. The van der Waals surface area contributed by atoms with E-state index >= 15 is 0 Å². The second-order valence-corrected chi connectivity index (χ2v) is 21.5. The lowest BCUT2D eigenvalue weighted by atomic mass is 9.98. The number of aryl methyl sites for hydroxylation is 1. The fourth-order valence-corrected chi connectivity index (χ4v) is 11.3. The van der Waals surface area contributed by atoms with Crippen molar-refractivity contribution >= 4 is 54.9 Å². The first-order chi connectivity index (χ1) is 33.3. The van der Waals surface area contributed by atoms with Crippen LogP contribution in [0.4, 0.5) is 5.69 Å². The van der Waals surface area contributed by atoms with Crippen LogP contribution in [-0.2, 0) is 16.6 Å². The predicted octanol–water partition coefficient (Wildman–Crippen LogP) is 12.4. The Bertz CT molecular complexity index is 2740. The Labute approximate surface area is 417 Å². The number of sulfonamides is 1. The van der Waals surface area contributed by atoms with Gasteiger partial charge in [-0.15, -0.1) is 0 Å². The van der Waals surface area contributed by atoms with Crippen molar-refractivity contribution in [3.63, 3.8) is 0 Å². The Morgan fingerprint density at radius 2 is 1.35 bits per heavy atom. The molecular formula is C57H75ClN6O4S. The number of nitrogens with zero attached hydrogens (tertiary/aromatic N) is 5. The summed E-state index contributed by atoms with van der Waals surface area (Å²) in [7, 11) is 0.321. The first-order valence-electron chi connectivity index (χ1n) is 25.3. The number of hydrogen-bond acceptors (Lipinski definition) is 7. The smallest absolute Gasteiger partial charge is 0.261 e. The number of fused-ring (bicyclic) bond motifs is 2. The Kier molecular flexibility index (Phi) is 20.3. The predicted molar refractivity (Wildman–Crippen MR) is 287 cm³/mol. The maximum atomic E-state index is 14.6. The standard InChI is InChI=1S/C57H75ClN6O4S/c1-7-8-19-38-62(69(67,68)53-29-22-26-48-49(53)27-21-28-52(48)61(5)6)39-20-14-12-10-9-11-13-18-36-59-37-23-40-63(56(65)46-32-30-44(4)31-33-46)54(43(2)3)55-60-51-41-47(58)34-35-50(51)57(66)64(55)42-45-24-16-15-17-25-45/h15-17,21-22,24-35,41,43,54,59H,7-14,18-20,23,36-40,42H2,1-6H3/t54-/m1/s1. The van der Waals surface area contributed by atoms with Crippen LogP contribution in [0.2, 0.25) is 5.02 Å². The maximum absolute atomic E-state index is 14.6. The van der Waals surface area contributed by atoms with Crippen LogP contribution in [-0.4, -0.2) is 79.9 Å². The molecule has 0 aliphatic rings. The van der Waals surface area contributed by atoms with Crippen molar-refractivity contribution in [3.8, 4) is 0 Å². The number of carbonyl (C=O) groups is 1. The van der Waals surface area contributed by atoms with Crippen LogP contribution in [0.3, 0.4) is 0 Å². The van der Waals surface area contributed by atoms with Gasteiger partial charge in [-0.3, -0.25) is 14.2 Å². The topological polar surface area (TPSA) is 108 Å². The van der Waals surface area contributed by atoms with E-state index < -0.39 is 16.1 Å². The molecule has 5 aromatic carbocycles. The van der Waals surface area contributed by atoms with Crippen LogP contribution in [0.25, 0.3) is 21.7 Å². The fourth-order valence-electron chi connectivity index (χ4n) is 9.39. The summed E-state index contributed by atoms with van der Waals surface area (Å²) in [4.78, 5) is 38.4. The highest BCUT2D eigenvalue weighted by atomic mass is 35.5. The highest BCUT2D eigenvalue weighted by Gasteiger charge is 2.33. The molecule has 0 radical (unpaired) electrons. The third-order valence-corrected chi connectivity index (χ3v) is 15.3. The molecule has 1 heterocycles. The van der Waals surface area contributed by atoms with Gasteiger partial charge in [0.2, 0.25) is 10.0 Å². The molecule has 0 bridgehead atoms. The monoisotopic (exact) mass is 975 g/mol. The first kappa shape index (κ1) is 53.3. The largest absolute Gasteiger partial charge is 0.377 e. The number of carbonyl (C=O) groups excluding carboxylic acids is 1. The highest BCUT2D eigenvalue weighted by molar-refractivity contribution is 7.89. The number of hydrogen-bond donors (Lipinski definition) is 1. The van der Waals surface area contributed by atoms with Gasteiger partial charge in [0.1, 0.15) is 5.82 Å². The van der Waals surface area contributed by atoms with Crippen molar-refractivity contribution in [3.05, 3.63) is 147 Å². The molecule has 0 aliphatic heterocycles. The minimum atomic E-state index is -3.65. The summed E-state index contributed by atoms with van der Waals surface area (Å²) in [5, 5.41) is 6.35. The average molecular weight is 976 g/mol. The van der Waals surface area contributed by atoms with Crippen molar-refractivity contribution in [2.75, 3.05) is 51.7 Å². The molecule has 0 aliphatic carbocycles. The van der Waals surface area contributed by atoms with E-state index in [-0.39, 0.29) is 17.4 Å². The number of rotatable bonds is 28. The summed E-state index contributed by atoms with van der Waals surface area (Å²) in [6, 6.07) is 33.9. The number of anilines is 1. The Morgan fingerprint density at radius 3 is 2.03 bits per heavy atom. The number of benzene rings is 5. The molecule has 0 saturated heterocycles. The van der Waals surface area contributed by atoms with Crippen LogP contribution in [0.5, 0.6) is 0 Å². The van der Waals surface area contributed by atoms with Gasteiger partial charge in [-0.1, -0.05) is 156 Å². The van der Waals surface area contributed by atoms with Gasteiger partial charge in [-0.05, 0) is 99.6 Å². The van der Waals surface area contributed by atoms with Gasteiger partial charge in [0, 0.05) is 60.8 Å². The molecule has 0 unspecified atom stereocenters. The minimum absolute atomic E-state index is 0.0582. The van der Waals surface area contributed by atoms with E-state index in [1.807, 2.05) is 116 Å². The molecule has 1 aromatic heterocycles. The van der Waals surface area contributed by atoms with Gasteiger partial charge in [0.15, 0.2) is 0 Å². The normalized spacial score (nSPS) is 12.4. The zero-order chi connectivity index (χ0) is 49.3. The van der Waals surface area contributed by atoms with Crippen molar-refractivity contribution in [2.45, 2.75) is 122 Å². The molecule has 1 N–H and O–H groups in total. The van der Waals surface area contributed by atoms with Crippen molar-refractivity contribution in [1.29, 1.82) is 0 Å². The summed E-state index contributed by atoms with van der Waals surface area (Å²) < 4.78 is 31.9. The number of nitrogens with one attached hydrogen (secondary N) is 1. The van der Waals surface area contributed by atoms with Gasteiger partial charge in [0.05, 0.1) is 28.4 Å². The van der Waals surface area contributed by atoms with Gasteiger partial charge in [-0.2, -0.15) is 4.31 Å². The van der Waals surface area contributed by atoms with E-state index in [1.165, 1.54) is 12.8 Å². The molecule has 1 amide bonds. The molecule has 370 valence electrons. The van der Waals surface area contributed by atoms with E-state index in [4.69, 9.17) is 16.6 Å². The van der Waals surface area contributed by atoms with E-state index in [0.29, 0.717) is 58.4 Å². The molecule has 1 atom stereocenters. The lowest BCUT2D eigenvalue weighted by molar-refractivity contribution is 0.0601. The second-order valence-electron chi connectivity index (χ2n) is 19.1. The van der Waals surface area contributed by atoms with Crippen molar-refractivity contribution in [1.82, 2.24) is 24.1 Å². The molecule has 0 saturated carbocycles. The Balaban J connectivity index is 0.994. The van der Waals surface area contributed by atoms with Crippen LogP contribution in [0.15, 0.2) is 119 Å². The minimum Gasteiger partial charge on any atom is -0.377 e. The summed E-state index contributed by atoms with van der Waals surface area (Å²) in [5.41, 5.74) is 4.03. The maximum Gasteiger partial charge on any atom is 0.261 e. The third-order valence-electron chi connectivity index (χ3n) is 13.2. The summed E-state index contributed by atoms with van der Waals surface area (Å²) in [5.74, 6) is 0.404. The third kappa shape index (κ3) is 14.3. The summed E-state index contributed by atoms with van der Waals surface area (Å²) in [6.45, 7) is 11.9. The van der Waals surface area contributed by atoms with E-state index in [1.54, 1.807) is 33.1 Å². The Hall–Kier alpha value is -5.07. The molecule has 12 heteroatoms. The van der Waals surface area contributed by atoms with Gasteiger partial charge in [-0.25, -0.2) is 13.4 Å². The van der Waals surface area contributed by atoms with Crippen LogP contribution in [0.1, 0.15) is 131 Å². The lowest BCUT2D eigenvalue weighted by Gasteiger charge is -2.35. The van der Waals surface area contributed by atoms with Gasteiger partial charge >= 0.3 is 0 Å². The number of unbranched alkanes of at least 4 members (excludes halogenated alkanes) is 9. The van der Waals surface area contributed by atoms with Crippen molar-refractivity contribution in [2.24, 2.45) is 5.92 Å². The molecule has 0 spiro atoms. The summed E-state index contributed by atoms with van der Waals surface area (Å²) >= 11 is 6.44. The molecular weight excluding hydrogens is 900 g/mol. The highest BCUT2D eigenvalue weighted by Crippen LogP contribution is 2.33. The van der Waals surface area contributed by atoms with Gasteiger partial charge in [0.25, 0.3) is 11.5 Å². The molecule has 6 aromatic rings. The summed E-state index contributed by atoms with van der Waals surface area (Å²) in [6.07, 6.45) is 12.3. The second kappa shape index (κ2) is 26.2. The Morgan fingerprint density at radius 1 is 0.710 bits per heavy atom. The zero-order valence-electron chi connectivity index (χ0n) is 41.9. The number of aromatic nitrogens is 2. The molecule has 0 fully saturated rings. The zero-order valence-corrected chi connectivity index (χ0v) is 43.5. The average Bonchev–Trinajstić information content (AvgIpc) is 3.33. The number of amides is 1. The molecule has 69 heavy (non-hydrogen) atoms. The molecule has 6 rings (SSSR count). The van der Waals surface area contributed by atoms with E-state index in [2.05, 4.69) is 26.1 Å². The van der Waals surface area contributed by atoms with Gasteiger partial charge < -0.3 is 15.1 Å². The molecule has 10 nitrogen and oxygen atoms in total. The van der Waals surface area contributed by atoms with E-state index in [9.17, 15) is 18.0 Å². The van der Waals surface area contributed by atoms with Crippen LogP contribution in [0, 0.1) is 12.8 Å². The lowest BCUT2D eigenvalue weighted by Crippen LogP contribution is -2.42. The first-order valence-corrected chi connectivity index (χ1v) is 27.1. The number of halogens is 1. The van der Waals surface area contributed by atoms with Crippen molar-refractivity contribution < 1.29 is 13.2 Å². The van der Waals surface area contributed by atoms with Crippen LogP contribution < -0.4 is 15.8 Å². The van der Waals surface area contributed by atoms with Crippen LogP contribution >= 0.6 is 11.6 Å². The van der Waals surface area contributed by atoms with E-state index in [0.717, 1.165) is 105 Å².